The molecule has 0 aliphatic rings. The third-order valence-corrected chi connectivity index (χ3v) is 3.54. The first-order chi connectivity index (χ1) is 10.5. The summed E-state index contributed by atoms with van der Waals surface area (Å²) in [5.74, 6) is -0.615. The summed E-state index contributed by atoms with van der Waals surface area (Å²) in [7, 11) is 0. The molecule has 0 aliphatic carbocycles. The highest BCUT2D eigenvalue weighted by Crippen LogP contribution is 2.35. The lowest BCUT2D eigenvalue weighted by Crippen LogP contribution is -1.98. The molecule has 0 amide bonds. The molecule has 0 fully saturated rings. The Morgan fingerprint density at radius 3 is 1.64 bits per heavy atom. The molecule has 0 aromatic heterocycles. The molecule has 0 bridgehead atoms. The molecule has 4 N–H and O–H groups in total. The number of halogens is 2. The molecule has 0 unspecified atom stereocenters. The highest BCUT2D eigenvalue weighted by molar-refractivity contribution is 5.89. The third kappa shape index (κ3) is 2.63. The molecule has 3 aromatic rings. The first-order valence-electron chi connectivity index (χ1n) is 6.75. The van der Waals surface area contributed by atoms with Gasteiger partial charge in [0.15, 0.2) is 0 Å². The minimum atomic E-state index is -0.315. The van der Waals surface area contributed by atoms with Crippen LogP contribution in [0.3, 0.4) is 0 Å². The number of benzene rings is 3. The molecule has 4 heteroatoms. The fourth-order valence-electron chi connectivity index (χ4n) is 2.35. The van der Waals surface area contributed by atoms with Gasteiger partial charge in [0.1, 0.15) is 11.6 Å². The van der Waals surface area contributed by atoms with Crippen molar-refractivity contribution in [2.75, 3.05) is 11.5 Å². The van der Waals surface area contributed by atoms with Crippen LogP contribution in [0.2, 0.25) is 0 Å². The molecule has 110 valence electrons. The predicted octanol–water partition coefficient (Wildman–Crippen LogP) is 4.46. The van der Waals surface area contributed by atoms with Crippen molar-refractivity contribution in [1.29, 1.82) is 0 Å². The van der Waals surface area contributed by atoms with Crippen LogP contribution in [0.4, 0.5) is 20.2 Å². The summed E-state index contributed by atoms with van der Waals surface area (Å²) in [5.41, 5.74) is 16.1. The van der Waals surface area contributed by atoms with Crippen LogP contribution < -0.4 is 11.5 Å². The van der Waals surface area contributed by atoms with Gasteiger partial charge in [-0.3, -0.25) is 0 Å². The number of rotatable bonds is 2. The molecule has 22 heavy (non-hydrogen) atoms. The smallest absolute Gasteiger partial charge is 0.123 e. The zero-order valence-corrected chi connectivity index (χ0v) is 11.7. The van der Waals surface area contributed by atoms with Crippen molar-refractivity contribution in [2.24, 2.45) is 0 Å². The zero-order valence-electron chi connectivity index (χ0n) is 11.7. The molecule has 3 aromatic carbocycles. The van der Waals surface area contributed by atoms with Crippen LogP contribution >= 0.6 is 0 Å². The Labute approximate surface area is 127 Å². The molecule has 0 atom stereocenters. The minimum Gasteiger partial charge on any atom is -0.397 e. The van der Waals surface area contributed by atoms with Gasteiger partial charge in [0.25, 0.3) is 0 Å². The van der Waals surface area contributed by atoms with Crippen LogP contribution in [0.25, 0.3) is 22.3 Å². The fourth-order valence-corrected chi connectivity index (χ4v) is 2.35. The van der Waals surface area contributed by atoms with Crippen LogP contribution in [-0.4, -0.2) is 0 Å². The quantitative estimate of drug-likeness (QED) is 0.686. The lowest BCUT2D eigenvalue weighted by Gasteiger charge is -2.12. The van der Waals surface area contributed by atoms with Crippen molar-refractivity contribution in [1.82, 2.24) is 0 Å². The van der Waals surface area contributed by atoms with E-state index in [2.05, 4.69) is 0 Å². The van der Waals surface area contributed by atoms with Crippen LogP contribution in [0, 0.1) is 11.6 Å². The maximum atomic E-state index is 13.1. The fraction of sp³-hybridized carbons (Fsp3) is 0. The molecule has 0 heterocycles. The number of hydrogen-bond donors (Lipinski definition) is 2. The van der Waals surface area contributed by atoms with E-state index in [1.807, 2.05) is 6.07 Å². The van der Waals surface area contributed by atoms with E-state index < -0.39 is 0 Å². The average Bonchev–Trinajstić information content (AvgIpc) is 2.52. The SMILES string of the molecule is Nc1cc(-c2ccc(F)cc2)cc(-c2ccc(F)cc2)c1N. The normalized spacial score (nSPS) is 10.6. The van der Waals surface area contributed by atoms with E-state index in [9.17, 15) is 8.78 Å². The largest absolute Gasteiger partial charge is 0.397 e. The summed E-state index contributed by atoms with van der Waals surface area (Å²) >= 11 is 0. The standard InChI is InChI=1S/C18H14F2N2/c19-14-5-1-11(2-6-14)13-9-16(18(22)17(21)10-13)12-3-7-15(20)8-4-12/h1-10H,21-22H2. The van der Waals surface area contributed by atoms with Crippen molar-refractivity contribution in [3.8, 4) is 22.3 Å². The molecule has 0 radical (unpaired) electrons. The van der Waals surface area contributed by atoms with Gasteiger partial charge in [-0.15, -0.1) is 0 Å². The lowest BCUT2D eigenvalue weighted by molar-refractivity contribution is 0.627. The summed E-state index contributed by atoms with van der Waals surface area (Å²) in [5, 5.41) is 0. The summed E-state index contributed by atoms with van der Waals surface area (Å²) in [6.45, 7) is 0. The maximum absolute atomic E-state index is 13.1. The van der Waals surface area contributed by atoms with E-state index in [0.717, 1.165) is 22.3 Å². The monoisotopic (exact) mass is 296 g/mol. The molecule has 0 aliphatic heterocycles. The minimum absolute atomic E-state index is 0.300. The van der Waals surface area contributed by atoms with E-state index in [1.165, 1.54) is 24.3 Å². The Morgan fingerprint density at radius 1 is 0.591 bits per heavy atom. The number of anilines is 2. The van der Waals surface area contributed by atoms with Crippen molar-refractivity contribution in [2.45, 2.75) is 0 Å². The molecule has 0 saturated heterocycles. The molecule has 2 nitrogen and oxygen atoms in total. The topological polar surface area (TPSA) is 52.0 Å². The van der Waals surface area contributed by atoms with Crippen molar-refractivity contribution in [3.05, 3.63) is 72.3 Å². The number of nitrogen functional groups attached to an aromatic ring is 2. The second-order valence-corrected chi connectivity index (χ2v) is 5.04. The van der Waals surface area contributed by atoms with Gasteiger partial charge < -0.3 is 11.5 Å². The van der Waals surface area contributed by atoms with Crippen LogP contribution in [0.15, 0.2) is 60.7 Å². The molecule has 0 saturated carbocycles. The first-order valence-corrected chi connectivity index (χ1v) is 6.75. The van der Waals surface area contributed by atoms with Gasteiger partial charge in [0, 0.05) is 5.56 Å². The van der Waals surface area contributed by atoms with E-state index in [0.29, 0.717) is 11.4 Å². The summed E-state index contributed by atoms with van der Waals surface area (Å²) in [6, 6.07) is 15.8. The van der Waals surface area contributed by atoms with Gasteiger partial charge in [0.2, 0.25) is 0 Å². The number of hydrogen-bond acceptors (Lipinski definition) is 2. The van der Waals surface area contributed by atoms with E-state index in [-0.39, 0.29) is 11.6 Å². The summed E-state index contributed by atoms with van der Waals surface area (Å²) in [4.78, 5) is 0. The second kappa shape index (κ2) is 5.48. The van der Waals surface area contributed by atoms with Gasteiger partial charge in [-0.2, -0.15) is 0 Å². The number of nitrogens with two attached hydrogens (primary N) is 2. The highest BCUT2D eigenvalue weighted by Gasteiger charge is 2.10. The average molecular weight is 296 g/mol. The third-order valence-electron chi connectivity index (χ3n) is 3.54. The first kappa shape index (κ1) is 14.1. The Kier molecular flexibility index (Phi) is 3.51. The molecular formula is C18H14F2N2. The van der Waals surface area contributed by atoms with Crippen LogP contribution in [-0.2, 0) is 0 Å². The highest BCUT2D eigenvalue weighted by atomic mass is 19.1. The predicted molar refractivity (Wildman–Crippen MR) is 86.1 cm³/mol. The van der Waals surface area contributed by atoms with Crippen molar-refractivity contribution in [3.63, 3.8) is 0 Å². The Morgan fingerprint density at radius 2 is 1.09 bits per heavy atom. The van der Waals surface area contributed by atoms with Crippen LogP contribution in [0.5, 0.6) is 0 Å². The summed E-state index contributed by atoms with van der Waals surface area (Å²) < 4.78 is 26.1. The Balaban J connectivity index is 2.14. The van der Waals surface area contributed by atoms with Gasteiger partial charge in [-0.1, -0.05) is 24.3 Å². The summed E-state index contributed by atoms with van der Waals surface area (Å²) in [6.07, 6.45) is 0. The van der Waals surface area contributed by atoms with Crippen molar-refractivity contribution >= 4 is 11.4 Å². The maximum Gasteiger partial charge on any atom is 0.123 e. The van der Waals surface area contributed by atoms with E-state index >= 15 is 0 Å². The molecular weight excluding hydrogens is 282 g/mol. The van der Waals surface area contributed by atoms with Crippen LogP contribution in [0.1, 0.15) is 0 Å². The molecule has 0 spiro atoms. The van der Waals surface area contributed by atoms with Gasteiger partial charge in [-0.25, -0.2) is 8.78 Å². The molecule has 3 rings (SSSR count). The van der Waals surface area contributed by atoms with Gasteiger partial charge in [0.05, 0.1) is 11.4 Å². The Hall–Kier alpha value is -2.88. The van der Waals surface area contributed by atoms with E-state index in [4.69, 9.17) is 11.5 Å². The Bertz CT molecular complexity index is 810. The van der Waals surface area contributed by atoms with Crippen molar-refractivity contribution < 1.29 is 8.78 Å². The van der Waals surface area contributed by atoms with Gasteiger partial charge in [-0.05, 0) is 53.1 Å². The second-order valence-electron chi connectivity index (χ2n) is 5.04. The zero-order chi connectivity index (χ0) is 15.7. The van der Waals surface area contributed by atoms with E-state index in [1.54, 1.807) is 30.3 Å². The van der Waals surface area contributed by atoms with Gasteiger partial charge >= 0.3 is 0 Å². The lowest BCUT2D eigenvalue weighted by atomic mass is 9.96.